The third-order valence-corrected chi connectivity index (χ3v) is 3.09. The van der Waals surface area contributed by atoms with Crippen LogP contribution in [0.3, 0.4) is 0 Å². The van der Waals surface area contributed by atoms with Gasteiger partial charge in [-0.25, -0.2) is 14.0 Å². The van der Waals surface area contributed by atoms with Crippen LogP contribution in [0.1, 0.15) is 17.3 Å². The van der Waals surface area contributed by atoms with Gasteiger partial charge in [-0.1, -0.05) is 0 Å². The standard InChI is InChI=1S/C12H15FN2O3S/c1-7(6-19-2)14-12(18)15-10-5-8(13)3-4-9(10)11(16)17/h3-5,7H,6H2,1-2H3,(H,16,17)(H2,14,15,18). The Balaban J connectivity index is 2.78. The molecule has 0 saturated heterocycles. The Morgan fingerprint density at radius 3 is 2.74 bits per heavy atom. The van der Waals surface area contributed by atoms with Crippen molar-refractivity contribution in [2.24, 2.45) is 0 Å². The van der Waals surface area contributed by atoms with Crippen LogP contribution >= 0.6 is 11.8 Å². The summed E-state index contributed by atoms with van der Waals surface area (Å²) in [6.45, 7) is 1.82. The van der Waals surface area contributed by atoms with E-state index in [2.05, 4.69) is 10.6 Å². The van der Waals surface area contributed by atoms with Crippen molar-refractivity contribution in [3.63, 3.8) is 0 Å². The lowest BCUT2D eigenvalue weighted by molar-refractivity contribution is 0.0698. The predicted molar refractivity (Wildman–Crippen MR) is 73.4 cm³/mol. The molecule has 1 aromatic rings. The summed E-state index contributed by atoms with van der Waals surface area (Å²) in [5, 5.41) is 13.9. The first-order chi connectivity index (χ1) is 8.93. The van der Waals surface area contributed by atoms with Gasteiger partial charge in [0.05, 0.1) is 11.3 Å². The highest BCUT2D eigenvalue weighted by Gasteiger charge is 2.14. The van der Waals surface area contributed by atoms with Crippen LogP contribution in [0.5, 0.6) is 0 Å². The van der Waals surface area contributed by atoms with E-state index in [1.807, 2.05) is 13.2 Å². The van der Waals surface area contributed by atoms with Gasteiger partial charge < -0.3 is 15.7 Å². The number of amides is 2. The molecule has 0 aliphatic carbocycles. The van der Waals surface area contributed by atoms with Crippen LogP contribution in [0.15, 0.2) is 18.2 Å². The fourth-order valence-corrected chi connectivity index (χ4v) is 2.06. The summed E-state index contributed by atoms with van der Waals surface area (Å²) in [6.07, 6.45) is 1.91. The third-order valence-electron chi connectivity index (χ3n) is 2.25. The number of benzene rings is 1. The van der Waals surface area contributed by atoms with Crippen LogP contribution in [-0.2, 0) is 0 Å². The number of rotatable bonds is 5. The normalized spacial score (nSPS) is 11.7. The van der Waals surface area contributed by atoms with Gasteiger partial charge in [-0.15, -0.1) is 0 Å². The van der Waals surface area contributed by atoms with Gasteiger partial charge in [-0.2, -0.15) is 11.8 Å². The Morgan fingerprint density at radius 2 is 2.16 bits per heavy atom. The third kappa shape index (κ3) is 4.78. The molecule has 0 radical (unpaired) electrons. The number of aromatic carboxylic acids is 1. The molecule has 0 bridgehead atoms. The van der Waals surface area contributed by atoms with E-state index in [0.29, 0.717) is 0 Å². The Bertz CT molecular complexity index is 482. The van der Waals surface area contributed by atoms with Crippen molar-refractivity contribution in [2.45, 2.75) is 13.0 Å². The monoisotopic (exact) mass is 286 g/mol. The molecule has 3 N–H and O–H groups in total. The average Bonchev–Trinajstić information content (AvgIpc) is 2.28. The lowest BCUT2D eigenvalue weighted by Gasteiger charge is -2.14. The molecule has 0 aliphatic rings. The molecule has 1 rings (SSSR count). The van der Waals surface area contributed by atoms with Crippen LogP contribution in [0.2, 0.25) is 0 Å². The highest BCUT2D eigenvalue weighted by atomic mass is 32.2. The summed E-state index contributed by atoms with van der Waals surface area (Å²) in [6, 6.07) is 2.48. The second-order valence-electron chi connectivity index (χ2n) is 3.95. The molecule has 0 spiro atoms. The number of carboxylic acid groups (broad SMARTS) is 1. The zero-order chi connectivity index (χ0) is 14.4. The Morgan fingerprint density at radius 1 is 1.47 bits per heavy atom. The molecule has 19 heavy (non-hydrogen) atoms. The quantitative estimate of drug-likeness (QED) is 0.776. The number of hydrogen-bond donors (Lipinski definition) is 3. The second-order valence-corrected chi connectivity index (χ2v) is 4.86. The molecule has 0 saturated carbocycles. The van der Waals surface area contributed by atoms with Gasteiger partial charge in [0, 0.05) is 11.8 Å². The maximum absolute atomic E-state index is 13.1. The SMILES string of the molecule is CSCC(C)NC(=O)Nc1cc(F)ccc1C(=O)O. The zero-order valence-electron chi connectivity index (χ0n) is 10.6. The van der Waals surface area contributed by atoms with Crippen LogP contribution in [0.4, 0.5) is 14.9 Å². The largest absolute Gasteiger partial charge is 0.478 e. The Labute approximate surface area is 114 Å². The molecular formula is C12H15FN2O3S. The number of carboxylic acids is 1. The molecular weight excluding hydrogens is 271 g/mol. The van der Waals surface area contributed by atoms with E-state index in [4.69, 9.17) is 5.11 Å². The minimum Gasteiger partial charge on any atom is -0.478 e. The summed E-state index contributed by atoms with van der Waals surface area (Å²) in [7, 11) is 0. The molecule has 1 aromatic carbocycles. The van der Waals surface area contributed by atoms with E-state index in [1.165, 1.54) is 0 Å². The number of hydrogen-bond acceptors (Lipinski definition) is 3. The van der Waals surface area contributed by atoms with Crippen molar-refractivity contribution in [3.05, 3.63) is 29.6 Å². The highest BCUT2D eigenvalue weighted by molar-refractivity contribution is 7.98. The van der Waals surface area contributed by atoms with E-state index in [0.717, 1.165) is 24.0 Å². The zero-order valence-corrected chi connectivity index (χ0v) is 11.4. The molecule has 0 aromatic heterocycles. The number of thioether (sulfide) groups is 1. The number of nitrogens with one attached hydrogen (secondary N) is 2. The topological polar surface area (TPSA) is 78.4 Å². The van der Waals surface area contributed by atoms with Crippen molar-refractivity contribution in [3.8, 4) is 0 Å². The summed E-state index contributed by atoms with van der Waals surface area (Å²) < 4.78 is 13.1. The van der Waals surface area contributed by atoms with Crippen molar-refractivity contribution in [1.82, 2.24) is 5.32 Å². The van der Waals surface area contributed by atoms with Gasteiger partial charge in [-0.3, -0.25) is 0 Å². The number of urea groups is 1. The van der Waals surface area contributed by atoms with Crippen molar-refractivity contribution >= 4 is 29.4 Å². The molecule has 2 amide bonds. The fourth-order valence-electron chi connectivity index (χ4n) is 1.48. The van der Waals surface area contributed by atoms with Crippen molar-refractivity contribution < 1.29 is 19.1 Å². The van der Waals surface area contributed by atoms with E-state index in [-0.39, 0.29) is 17.3 Å². The first kappa shape index (κ1) is 15.3. The Kier molecular flexibility index (Phi) is 5.62. The first-order valence-electron chi connectivity index (χ1n) is 5.53. The van der Waals surface area contributed by atoms with Gasteiger partial charge in [0.25, 0.3) is 0 Å². The number of anilines is 1. The summed E-state index contributed by atoms with van der Waals surface area (Å²) in [5.74, 6) is -1.12. The summed E-state index contributed by atoms with van der Waals surface area (Å²) in [4.78, 5) is 22.6. The fraction of sp³-hybridized carbons (Fsp3) is 0.333. The predicted octanol–water partition coefficient (Wildman–Crippen LogP) is 2.40. The number of carbonyl (C=O) groups is 2. The molecule has 5 nitrogen and oxygen atoms in total. The first-order valence-corrected chi connectivity index (χ1v) is 6.92. The molecule has 1 unspecified atom stereocenters. The van der Waals surface area contributed by atoms with E-state index >= 15 is 0 Å². The maximum atomic E-state index is 13.1. The molecule has 0 aliphatic heterocycles. The van der Waals surface area contributed by atoms with E-state index in [1.54, 1.807) is 11.8 Å². The van der Waals surface area contributed by atoms with Crippen molar-refractivity contribution in [1.29, 1.82) is 0 Å². The van der Waals surface area contributed by atoms with Gasteiger partial charge in [0.1, 0.15) is 5.82 Å². The molecule has 1 atom stereocenters. The molecule has 104 valence electrons. The van der Waals surface area contributed by atoms with Gasteiger partial charge >= 0.3 is 12.0 Å². The average molecular weight is 286 g/mol. The molecule has 7 heteroatoms. The van der Waals surface area contributed by atoms with Gasteiger partial charge in [-0.05, 0) is 31.4 Å². The van der Waals surface area contributed by atoms with Crippen LogP contribution < -0.4 is 10.6 Å². The smallest absolute Gasteiger partial charge is 0.337 e. The minimum atomic E-state index is -1.23. The van der Waals surface area contributed by atoms with E-state index in [9.17, 15) is 14.0 Å². The molecule has 0 heterocycles. The van der Waals surface area contributed by atoms with Crippen LogP contribution in [0, 0.1) is 5.82 Å². The highest BCUT2D eigenvalue weighted by Crippen LogP contribution is 2.17. The van der Waals surface area contributed by atoms with Crippen LogP contribution in [-0.4, -0.2) is 35.2 Å². The second kappa shape index (κ2) is 6.98. The van der Waals surface area contributed by atoms with Gasteiger partial charge in [0.15, 0.2) is 0 Å². The van der Waals surface area contributed by atoms with Gasteiger partial charge in [0.2, 0.25) is 0 Å². The maximum Gasteiger partial charge on any atom is 0.337 e. The summed E-state index contributed by atoms with van der Waals surface area (Å²) in [5.41, 5.74) is -0.226. The number of halogens is 1. The minimum absolute atomic E-state index is 0.0682. The lowest BCUT2D eigenvalue weighted by Crippen LogP contribution is -2.37. The van der Waals surface area contributed by atoms with E-state index < -0.39 is 17.8 Å². The van der Waals surface area contributed by atoms with Crippen LogP contribution in [0.25, 0.3) is 0 Å². The Hall–Kier alpha value is -1.76. The lowest BCUT2D eigenvalue weighted by atomic mass is 10.2. The van der Waals surface area contributed by atoms with Crippen molar-refractivity contribution in [2.75, 3.05) is 17.3 Å². The molecule has 0 fully saturated rings. The number of carbonyl (C=O) groups excluding carboxylic acids is 1. The summed E-state index contributed by atoms with van der Waals surface area (Å²) >= 11 is 1.57.